The number of ether oxygens (including phenoxy) is 1. The van der Waals surface area contributed by atoms with Crippen molar-refractivity contribution >= 4 is 37.8 Å². The van der Waals surface area contributed by atoms with E-state index < -0.39 is 0 Å². The van der Waals surface area contributed by atoms with Crippen LogP contribution in [0, 0.1) is 0 Å². The van der Waals surface area contributed by atoms with Gasteiger partial charge in [0, 0.05) is 11.0 Å². The van der Waals surface area contributed by atoms with Crippen LogP contribution >= 0.6 is 31.9 Å². The van der Waals surface area contributed by atoms with Gasteiger partial charge in [0.05, 0.1) is 4.47 Å². The van der Waals surface area contributed by atoms with E-state index in [2.05, 4.69) is 43.8 Å². The number of halogens is 2. The van der Waals surface area contributed by atoms with Crippen LogP contribution in [0.3, 0.4) is 0 Å². The van der Waals surface area contributed by atoms with E-state index in [0.29, 0.717) is 12.3 Å². The topological polar surface area (TPSA) is 38.3 Å². The molecule has 86 valence electrons. The molecule has 1 aromatic rings. The van der Waals surface area contributed by atoms with E-state index in [1.54, 1.807) is 12.1 Å². The monoisotopic (exact) mass is 347 g/mol. The predicted octanol–water partition coefficient (Wildman–Crippen LogP) is 2.89. The minimum absolute atomic E-state index is 0.00588. The number of rotatable bonds is 5. The van der Waals surface area contributed by atoms with E-state index in [-0.39, 0.29) is 12.5 Å². The maximum atomic E-state index is 11.2. The van der Waals surface area contributed by atoms with Crippen molar-refractivity contribution in [3.8, 4) is 5.75 Å². The lowest BCUT2D eigenvalue weighted by Gasteiger charge is -2.08. The maximum Gasteiger partial charge on any atom is 0.258 e. The molecule has 0 aliphatic heterocycles. The standard InChI is InChI=1S/C11H11Br2NO2/c1-2-5-14-11(15)7-16-10-4-3-8(12)6-9(10)13/h2-4,6H,1,5,7H2,(H,14,15). The summed E-state index contributed by atoms with van der Waals surface area (Å²) < 4.78 is 7.09. The van der Waals surface area contributed by atoms with Crippen LogP contribution in [-0.4, -0.2) is 19.1 Å². The minimum atomic E-state index is -0.172. The maximum absolute atomic E-state index is 11.2. The predicted molar refractivity (Wildman–Crippen MR) is 70.5 cm³/mol. The van der Waals surface area contributed by atoms with Crippen LogP contribution in [0.1, 0.15) is 0 Å². The lowest BCUT2D eigenvalue weighted by atomic mass is 10.3. The van der Waals surface area contributed by atoms with Gasteiger partial charge in [0.2, 0.25) is 0 Å². The van der Waals surface area contributed by atoms with E-state index in [1.807, 2.05) is 12.1 Å². The summed E-state index contributed by atoms with van der Waals surface area (Å²) in [5, 5.41) is 2.63. The first-order chi connectivity index (χ1) is 7.63. The van der Waals surface area contributed by atoms with Gasteiger partial charge in [-0.3, -0.25) is 4.79 Å². The summed E-state index contributed by atoms with van der Waals surface area (Å²) in [6, 6.07) is 5.49. The lowest BCUT2D eigenvalue weighted by Crippen LogP contribution is -2.28. The molecule has 0 aliphatic carbocycles. The van der Waals surface area contributed by atoms with Crippen molar-refractivity contribution < 1.29 is 9.53 Å². The quantitative estimate of drug-likeness (QED) is 0.831. The fraction of sp³-hybridized carbons (Fsp3) is 0.182. The highest BCUT2D eigenvalue weighted by Crippen LogP contribution is 2.27. The zero-order chi connectivity index (χ0) is 12.0. The van der Waals surface area contributed by atoms with Crippen LogP contribution in [-0.2, 0) is 4.79 Å². The van der Waals surface area contributed by atoms with Gasteiger partial charge in [-0.25, -0.2) is 0 Å². The molecule has 0 radical (unpaired) electrons. The van der Waals surface area contributed by atoms with E-state index in [1.165, 1.54) is 0 Å². The van der Waals surface area contributed by atoms with Crippen molar-refractivity contribution in [2.24, 2.45) is 0 Å². The molecule has 0 spiro atoms. The first-order valence-corrected chi connectivity index (χ1v) is 6.17. The Morgan fingerprint density at radius 3 is 2.88 bits per heavy atom. The molecule has 1 rings (SSSR count). The molecule has 0 saturated carbocycles. The number of hydrogen-bond acceptors (Lipinski definition) is 2. The molecule has 5 heteroatoms. The Morgan fingerprint density at radius 1 is 1.50 bits per heavy atom. The molecule has 1 aromatic carbocycles. The SMILES string of the molecule is C=CCNC(=O)COc1ccc(Br)cc1Br. The second-order valence-corrected chi connectivity index (χ2v) is 4.73. The Kier molecular flexibility index (Phi) is 5.55. The van der Waals surface area contributed by atoms with Crippen LogP contribution in [0.15, 0.2) is 39.8 Å². The summed E-state index contributed by atoms with van der Waals surface area (Å²) in [4.78, 5) is 11.2. The fourth-order valence-corrected chi connectivity index (χ4v) is 2.13. The number of carbonyl (C=O) groups is 1. The van der Waals surface area contributed by atoms with Crippen molar-refractivity contribution in [2.75, 3.05) is 13.2 Å². The van der Waals surface area contributed by atoms with Gasteiger partial charge >= 0.3 is 0 Å². The second-order valence-electron chi connectivity index (χ2n) is 2.96. The molecule has 0 atom stereocenters. The van der Waals surface area contributed by atoms with Gasteiger partial charge < -0.3 is 10.1 Å². The Hall–Kier alpha value is -0.810. The van der Waals surface area contributed by atoms with Crippen LogP contribution in [0.4, 0.5) is 0 Å². The van der Waals surface area contributed by atoms with Gasteiger partial charge in [0.15, 0.2) is 6.61 Å². The number of carbonyl (C=O) groups excluding carboxylic acids is 1. The van der Waals surface area contributed by atoms with Gasteiger partial charge in [0.25, 0.3) is 5.91 Å². The molecule has 1 amide bonds. The van der Waals surface area contributed by atoms with Crippen molar-refractivity contribution in [2.45, 2.75) is 0 Å². The highest BCUT2D eigenvalue weighted by atomic mass is 79.9. The number of amides is 1. The highest BCUT2D eigenvalue weighted by Gasteiger charge is 2.04. The Labute approximate surface area is 111 Å². The number of hydrogen-bond donors (Lipinski definition) is 1. The average molecular weight is 349 g/mol. The van der Waals surface area contributed by atoms with Crippen LogP contribution in [0.5, 0.6) is 5.75 Å². The largest absolute Gasteiger partial charge is 0.483 e. The third-order valence-corrected chi connectivity index (χ3v) is 2.81. The van der Waals surface area contributed by atoms with Gasteiger partial charge in [-0.1, -0.05) is 22.0 Å². The smallest absolute Gasteiger partial charge is 0.258 e. The summed E-state index contributed by atoms with van der Waals surface area (Å²) in [5.74, 6) is 0.465. The zero-order valence-corrected chi connectivity index (χ0v) is 11.7. The van der Waals surface area contributed by atoms with Gasteiger partial charge in [-0.2, -0.15) is 0 Å². The van der Waals surface area contributed by atoms with Crippen molar-refractivity contribution in [3.05, 3.63) is 39.8 Å². The molecule has 0 aromatic heterocycles. The number of nitrogens with one attached hydrogen (secondary N) is 1. The van der Waals surface area contributed by atoms with Crippen molar-refractivity contribution in [1.82, 2.24) is 5.32 Å². The summed E-state index contributed by atoms with van der Waals surface area (Å²) in [5.41, 5.74) is 0. The van der Waals surface area contributed by atoms with Gasteiger partial charge in [-0.05, 0) is 34.1 Å². The molecule has 0 unspecified atom stereocenters. The molecular formula is C11H11Br2NO2. The fourth-order valence-electron chi connectivity index (χ4n) is 0.973. The average Bonchev–Trinajstić information content (AvgIpc) is 2.25. The lowest BCUT2D eigenvalue weighted by molar-refractivity contribution is -0.122. The normalized spacial score (nSPS) is 9.62. The third-order valence-electron chi connectivity index (χ3n) is 1.70. The van der Waals surface area contributed by atoms with Crippen LogP contribution in [0.25, 0.3) is 0 Å². The molecular weight excluding hydrogens is 338 g/mol. The van der Waals surface area contributed by atoms with Gasteiger partial charge in [0.1, 0.15) is 5.75 Å². The summed E-state index contributed by atoms with van der Waals surface area (Å²) in [6.07, 6.45) is 1.62. The first kappa shape index (κ1) is 13.3. The Morgan fingerprint density at radius 2 is 2.25 bits per heavy atom. The van der Waals surface area contributed by atoms with Crippen LogP contribution < -0.4 is 10.1 Å². The van der Waals surface area contributed by atoms with Crippen molar-refractivity contribution in [1.29, 1.82) is 0 Å². The zero-order valence-electron chi connectivity index (χ0n) is 8.50. The molecule has 0 bridgehead atoms. The molecule has 0 saturated heterocycles. The summed E-state index contributed by atoms with van der Waals surface area (Å²) in [6.45, 7) is 3.95. The first-order valence-electron chi connectivity index (χ1n) is 4.59. The minimum Gasteiger partial charge on any atom is -0.483 e. The van der Waals surface area contributed by atoms with E-state index in [0.717, 1.165) is 8.95 Å². The van der Waals surface area contributed by atoms with E-state index in [9.17, 15) is 4.79 Å². The van der Waals surface area contributed by atoms with Crippen LogP contribution in [0.2, 0.25) is 0 Å². The molecule has 1 N–H and O–H groups in total. The molecule has 16 heavy (non-hydrogen) atoms. The molecule has 0 aliphatic rings. The molecule has 3 nitrogen and oxygen atoms in total. The Balaban J connectivity index is 2.48. The van der Waals surface area contributed by atoms with Crippen molar-refractivity contribution in [3.63, 3.8) is 0 Å². The number of benzene rings is 1. The van der Waals surface area contributed by atoms with Gasteiger partial charge in [-0.15, -0.1) is 6.58 Å². The molecule has 0 heterocycles. The highest BCUT2D eigenvalue weighted by molar-refractivity contribution is 9.11. The summed E-state index contributed by atoms with van der Waals surface area (Å²) >= 11 is 6.68. The molecule has 0 fully saturated rings. The third kappa shape index (κ3) is 4.37. The second kappa shape index (κ2) is 6.70. The van der Waals surface area contributed by atoms with E-state index in [4.69, 9.17) is 4.74 Å². The Bertz CT molecular complexity index is 394. The summed E-state index contributed by atoms with van der Waals surface area (Å²) in [7, 11) is 0. The van der Waals surface area contributed by atoms with E-state index >= 15 is 0 Å².